The third kappa shape index (κ3) is 4.42. The van der Waals surface area contributed by atoms with Crippen molar-refractivity contribution in [1.29, 1.82) is 0 Å². The van der Waals surface area contributed by atoms with Gasteiger partial charge in [-0.25, -0.2) is 9.78 Å². The minimum atomic E-state index is -1.19. The Bertz CT molecular complexity index is 842. The smallest absolute Gasteiger partial charge is 0.341 e. The van der Waals surface area contributed by atoms with Gasteiger partial charge in [-0.05, 0) is 25.1 Å². The lowest BCUT2D eigenvalue weighted by atomic mass is 10.1. The molecular weight excluding hydrogens is 352 g/mol. The Morgan fingerprint density at radius 3 is 2.76 bits per heavy atom. The largest absolute Gasteiger partial charge is 0.449 e. The van der Waals surface area contributed by atoms with E-state index in [9.17, 15) is 19.7 Å². The molecule has 2 aromatic rings. The van der Waals surface area contributed by atoms with Gasteiger partial charge >= 0.3 is 5.97 Å². The Morgan fingerprint density at radius 2 is 2.12 bits per heavy atom. The normalized spacial score (nSPS) is 11.4. The van der Waals surface area contributed by atoms with E-state index >= 15 is 0 Å². The Kier molecular flexibility index (Phi) is 5.50. The fourth-order valence-electron chi connectivity index (χ4n) is 1.83. The number of nitro groups is 1. The van der Waals surface area contributed by atoms with Crippen LogP contribution in [0.25, 0.3) is 0 Å². The van der Waals surface area contributed by atoms with Crippen LogP contribution in [-0.2, 0) is 9.53 Å². The molecule has 25 heavy (non-hydrogen) atoms. The summed E-state index contributed by atoms with van der Waals surface area (Å²) in [5.41, 5.74) is 5.37. The van der Waals surface area contributed by atoms with Gasteiger partial charge in [0.2, 0.25) is 0 Å². The Balaban J connectivity index is 2.09. The lowest BCUT2D eigenvalue weighted by Crippen LogP contribution is -2.30. The molecule has 1 amide bonds. The van der Waals surface area contributed by atoms with Crippen molar-refractivity contribution in [3.8, 4) is 0 Å². The summed E-state index contributed by atoms with van der Waals surface area (Å²) >= 11 is 5.83. The van der Waals surface area contributed by atoms with Crippen molar-refractivity contribution < 1.29 is 19.2 Å². The molecule has 3 N–H and O–H groups in total. The maximum Gasteiger partial charge on any atom is 0.341 e. The number of nitro benzene ring substituents is 1. The van der Waals surface area contributed by atoms with E-state index in [0.717, 1.165) is 12.1 Å². The second-order valence-corrected chi connectivity index (χ2v) is 5.27. The number of ether oxygens (including phenoxy) is 1. The zero-order valence-electron chi connectivity index (χ0n) is 12.9. The number of aromatic nitrogens is 1. The highest BCUT2D eigenvalue weighted by Crippen LogP contribution is 2.22. The van der Waals surface area contributed by atoms with E-state index in [4.69, 9.17) is 22.1 Å². The number of carbonyl (C=O) groups is 2. The second kappa shape index (κ2) is 7.58. The monoisotopic (exact) mass is 364 g/mol. The number of halogens is 1. The van der Waals surface area contributed by atoms with Crippen molar-refractivity contribution in [1.82, 2.24) is 4.98 Å². The van der Waals surface area contributed by atoms with Gasteiger partial charge in [-0.3, -0.25) is 14.9 Å². The predicted octanol–water partition coefficient (Wildman–Crippen LogP) is 2.41. The fourth-order valence-corrected chi connectivity index (χ4v) is 1.99. The summed E-state index contributed by atoms with van der Waals surface area (Å²) in [4.78, 5) is 38.1. The highest BCUT2D eigenvalue weighted by atomic mass is 35.5. The number of esters is 1. The first-order chi connectivity index (χ1) is 11.8. The summed E-state index contributed by atoms with van der Waals surface area (Å²) in [6, 6.07) is 6.46. The van der Waals surface area contributed by atoms with Gasteiger partial charge in [0.05, 0.1) is 16.2 Å². The van der Waals surface area contributed by atoms with Crippen LogP contribution >= 0.6 is 11.6 Å². The number of amides is 1. The molecule has 0 radical (unpaired) electrons. The fraction of sp³-hybridized carbons (Fsp3) is 0.133. The Morgan fingerprint density at radius 1 is 1.40 bits per heavy atom. The topological polar surface area (TPSA) is 137 Å². The predicted molar refractivity (Wildman–Crippen MR) is 90.3 cm³/mol. The standard InChI is InChI=1S/C15H13ClN4O5/c1-8(14(21)19-12-3-2-6-18-13(12)16)25-15(22)10-7-9(20(23)24)4-5-11(10)17/h2-8H,17H2,1H3,(H,19,21)/t8-/m0/s1. The number of rotatable bonds is 5. The molecule has 0 unspecified atom stereocenters. The first-order valence-corrected chi connectivity index (χ1v) is 7.33. The van der Waals surface area contributed by atoms with Crippen molar-refractivity contribution in [2.24, 2.45) is 0 Å². The zero-order chi connectivity index (χ0) is 18.6. The third-order valence-corrected chi connectivity index (χ3v) is 3.44. The number of nitrogens with zero attached hydrogens (tertiary/aromatic N) is 2. The summed E-state index contributed by atoms with van der Waals surface area (Å²) < 4.78 is 5.01. The highest BCUT2D eigenvalue weighted by Gasteiger charge is 2.23. The van der Waals surface area contributed by atoms with Gasteiger partial charge < -0.3 is 15.8 Å². The molecule has 0 bridgehead atoms. The van der Waals surface area contributed by atoms with E-state index in [-0.39, 0.29) is 27.8 Å². The van der Waals surface area contributed by atoms with E-state index in [1.54, 1.807) is 6.07 Å². The van der Waals surface area contributed by atoms with Crippen LogP contribution in [0.15, 0.2) is 36.5 Å². The van der Waals surface area contributed by atoms with Gasteiger partial charge in [0.15, 0.2) is 11.3 Å². The summed E-state index contributed by atoms with van der Waals surface area (Å²) in [5.74, 6) is -1.60. The number of benzene rings is 1. The first-order valence-electron chi connectivity index (χ1n) is 6.96. The van der Waals surface area contributed by atoms with Gasteiger partial charge in [0.1, 0.15) is 0 Å². The van der Waals surface area contributed by atoms with Gasteiger partial charge in [0.25, 0.3) is 11.6 Å². The van der Waals surface area contributed by atoms with Crippen molar-refractivity contribution in [3.63, 3.8) is 0 Å². The average molecular weight is 365 g/mol. The minimum Gasteiger partial charge on any atom is -0.449 e. The summed E-state index contributed by atoms with van der Waals surface area (Å²) in [7, 11) is 0. The number of nitrogens with two attached hydrogens (primary N) is 1. The molecule has 1 heterocycles. The van der Waals surface area contributed by atoms with E-state index in [1.165, 1.54) is 25.3 Å². The van der Waals surface area contributed by atoms with Gasteiger partial charge in [0, 0.05) is 24.0 Å². The zero-order valence-corrected chi connectivity index (χ0v) is 13.7. The number of hydrogen-bond acceptors (Lipinski definition) is 7. The van der Waals surface area contributed by atoms with Crippen LogP contribution in [0, 0.1) is 10.1 Å². The van der Waals surface area contributed by atoms with Crippen LogP contribution in [0.4, 0.5) is 17.1 Å². The number of nitrogens with one attached hydrogen (secondary N) is 1. The number of pyridine rings is 1. The SMILES string of the molecule is C[C@H](OC(=O)c1cc([N+](=O)[O-])ccc1N)C(=O)Nc1cccnc1Cl. The number of carbonyl (C=O) groups excluding carboxylic acids is 2. The average Bonchev–Trinajstić information content (AvgIpc) is 2.56. The van der Waals surface area contributed by atoms with E-state index < -0.39 is 22.9 Å². The van der Waals surface area contributed by atoms with E-state index in [2.05, 4.69) is 10.3 Å². The molecule has 0 saturated heterocycles. The molecular formula is C15H13ClN4O5. The Hall–Kier alpha value is -3.20. The molecule has 1 aromatic heterocycles. The van der Waals surface area contributed by atoms with Crippen molar-refractivity contribution in [2.75, 3.05) is 11.1 Å². The lowest BCUT2D eigenvalue weighted by molar-refractivity contribution is -0.384. The first kappa shape index (κ1) is 18.1. The van der Waals surface area contributed by atoms with Crippen molar-refractivity contribution in [2.45, 2.75) is 13.0 Å². The number of nitrogen functional groups attached to an aromatic ring is 1. The summed E-state index contributed by atoms with van der Waals surface area (Å²) in [6.07, 6.45) is 0.259. The maximum absolute atomic E-state index is 12.1. The number of anilines is 2. The molecule has 130 valence electrons. The van der Waals surface area contributed by atoms with Crippen LogP contribution in [0.2, 0.25) is 5.15 Å². The van der Waals surface area contributed by atoms with Gasteiger partial charge in [-0.1, -0.05) is 11.6 Å². The molecule has 0 spiro atoms. The van der Waals surface area contributed by atoms with Crippen LogP contribution in [0.1, 0.15) is 17.3 Å². The molecule has 0 aliphatic carbocycles. The molecule has 0 aliphatic rings. The molecule has 1 aromatic carbocycles. The van der Waals surface area contributed by atoms with E-state index in [0.29, 0.717) is 0 Å². The highest BCUT2D eigenvalue weighted by molar-refractivity contribution is 6.32. The number of non-ortho nitro benzene ring substituents is 1. The molecule has 10 heteroatoms. The van der Waals surface area contributed by atoms with Crippen LogP contribution in [0.3, 0.4) is 0 Å². The van der Waals surface area contributed by atoms with Crippen LogP contribution in [-0.4, -0.2) is 27.9 Å². The van der Waals surface area contributed by atoms with Gasteiger partial charge in [-0.2, -0.15) is 0 Å². The molecule has 0 saturated carbocycles. The molecule has 0 aliphatic heterocycles. The van der Waals surface area contributed by atoms with Gasteiger partial charge in [-0.15, -0.1) is 0 Å². The second-order valence-electron chi connectivity index (χ2n) is 4.91. The van der Waals surface area contributed by atoms with Crippen LogP contribution in [0.5, 0.6) is 0 Å². The minimum absolute atomic E-state index is 0.00138. The molecule has 0 fully saturated rings. The van der Waals surface area contributed by atoms with Crippen LogP contribution < -0.4 is 11.1 Å². The quantitative estimate of drug-likeness (QED) is 0.273. The maximum atomic E-state index is 12.1. The molecule has 9 nitrogen and oxygen atoms in total. The summed E-state index contributed by atoms with van der Waals surface area (Å²) in [5, 5.41) is 13.3. The molecule has 1 atom stereocenters. The van der Waals surface area contributed by atoms with Crippen molar-refractivity contribution in [3.05, 3.63) is 57.4 Å². The third-order valence-electron chi connectivity index (χ3n) is 3.14. The lowest BCUT2D eigenvalue weighted by Gasteiger charge is -2.14. The number of hydrogen-bond donors (Lipinski definition) is 2. The molecule has 2 rings (SSSR count). The van der Waals surface area contributed by atoms with Crippen molar-refractivity contribution >= 4 is 40.5 Å². The summed E-state index contributed by atoms with van der Waals surface area (Å²) in [6.45, 7) is 1.34. The van der Waals surface area contributed by atoms with E-state index in [1.807, 2.05) is 0 Å². The Labute approximate surface area is 146 Å².